The standard InChI is InChI=1S/C22H28N2O2/c1-2-26-22(25)21-18-23(16-19-10-5-3-6-11-19)14-9-15-24(21)17-20-12-7-4-8-13-20/h3-8,10-13,21H,2,9,14-18H2,1H3/t21-/m0/s1. The monoisotopic (exact) mass is 352 g/mol. The first-order valence-electron chi connectivity index (χ1n) is 9.47. The predicted molar refractivity (Wildman–Crippen MR) is 104 cm³/mol. The highest BCUT2D eigenvalue weighted by atomic mass is 16.5. The highest BCUT2D eigenvalue weighted by molar-refractivity contribution is 5.76. The summed E-state index contributed by atoms with van der Waals surface area (Å²) >= 11 is 0. The Morgan fingerprint density at radius 2 is 1.58 bits per heavy atom. The fraction of sp³-hybridized carbons (Fsp3) is 0.409. The molecule has 138 valence electrons. The summed E-state index contributed by atoms with van der Waals surface area (Å²) in [5.74, 6) is -0.108. The van der Waals surface area contributed by atoms with E-state index in [9.17, 15) is 4.79 Å². The Bertz CT molecular complexity index is 675. The zero-order chi connectivity index (χ0) is 18.2. The molecule has 1 aliphatic heterocycles. The topological polar surface area (TPSA) is 32.8 Å². The second-order valence-electron chi connectivity index (χ2n) is 6.80. The van der Waals surface area contributed by atoms with Gasteiger partial charge in [-0.15, -0.1) is 0 Å². The number of hydrogen-bond acceptors (Lipinski definition) is 4. The summed E-state index contributed by atoms with van der Waals surface area (Å²) in [6, 6.07) is 20.6. The van der Waals surface area contributed by atoms with Gasteiger partial charge < -0.3 is 4.74 Å². The highest BCUT2D eigenvalue weighted by Gasteiger charge is 2.31. The number of esters is 1. The molecule has 0 aromatic heterocycles. The number of rotatable bonds is 6. The molecule has 0 unspecified atom stereocenters. The molecule has 0 aliphatic carbocycles. The van der Waals surface area contributed by atoms with Gasteiger partial charge in [-0.05, 0) is 31.0 Å². The van der Waals surface area contributed by atoms with Crippen LogP contribution in [0.2, 0.25) is 0 Å². The number of carbonyl (C=O) groups is 1. The molecule has 4 heteroatoms. The van der Waals surface area contributed by atoms with E-state index in [0.29, 0.717) is 13.2 Å². The van der Waals surface area contributed by atoms with Gasteiger partial charge in [0, 0.05) is 26.2 Å². The number of hydrogen-bond donors (Lipinski definition) is 0. The van der Waals surface area contributed by atoms with Crippen LogP contribution in [0.3, 0.4) is 0 Å². The fourth-order valence-corrected chi connectivity index (χ4v) is 3.56. The second-order valence-corrected chi connectivity index (χ2v) is 6.80. The lowest BCUT2D eigenvalue weighted by molar-refractivity contribution is -0.150. The minimum absolute atomic E-state index is 0.108. The van der Waals surface area contributed by atoms with E-state index in [2.05, 4.69) is 46.2 Å². The third-order valence-corrected chi connectivity index (χ3v) is 4.83. The van der Waals surface area contributed by atoms with Crippen molar-refractivity contribution in [3.8, 4) is 0 Å². The molecule has 26 heavy (non-hydrogen) atoms. The Hall–Kier alpha value is -2.17. The molecule has 2 aromatic carbocycles. The molecule has 1 fully saturated rings. The van der Waals surface area contributed by atoms with Crippen LogP contribution in [0.1, 0.15) is 24.5 Å². The van der Waals surface area contributed by atoms with Gasteiger partial charge >= 0.3 is 5.97 Å². The maximum absolute atomic E-state index is 12.7. The Morgan fingerprint density at radius 3 is 2.19 bits per heavy atom. The molecule has 4 nitrogen and oxygen atoms in total. The van der Waals surface area contributed by atoms with E-state index in [0.717, 1.165) is 32.6 Å². The van der Waals surface area contributed by atoms with Crippen molar-refractivity contribution in [1.82, 2.24) is 9.80 Å². The first-order chi connectivity index (χ1) is 12.8. The molecule has 1 atom stereocenters. The lowest BCUT2D eigenvalue weighted by atomic mass is 10.1. The number of benzene rings is 2. The summed E-state index contributed by atoms with van der Waals surface area (Å²) < 4.78 is 5.40. The SMILES string of the molecule is CCOC(=O)[C@@H]1CN(Cc2ccccc2)CCCN1Cc1ccccc1. The Kier molecular flexibility index (Phi) is 6.81. The Labute approximate surface area is 156 Å². The van der Waals surface area contributed by atoms with Gasteiger partial charge in [-0.3, -0.25) is 14.6 Å². The van der Waals surface area contributed by atoms with E-state index < -0.39 is 0 Å². The van der Waals surface area contributed by atoms with E-state index in [1.54, 1.807) is 0 Å². The maximum Gasteiger partial charge on any atom is 0.324 e. The van der Waals surface area contributed by atoms with Crippen LogP contribution in [0, 0.1) is 0 Å². The summed E-state index contributed by atoms with van der Waals surface area (Å²) in [6.07, 6.45) is 1.05. The van der Waals surface area contributed by atoms with Crippen LogP contribution in [0.5, 0.6) is 0 Å². The molecule has 0 bridgehead atoms. The van der Waals surface area contributed by atoms with Crippen LogP contribution in [0.15, 0.2) is 60.7 Å². The van der Waals surface area contributed by atoms with Crippen molar-refractivity contribution < 1.29 is 9.53 Å². The smallest absolute Gasteiger partial charge is 0.324 e. The number of carbonyl (C=O) groups excluding carboxylic acids is 1. The van der Waals surface area contributed by atoms with Crippen molar-refractivity contribution in [2.24, 2.45) is 0 Å². The van der Waals surface area contributed by atoms with Crippen LogP contribution >= 0.6 is 0 Å². The molecule has 0 amide bonds. The molecular formula is C22H28N2O2. The van der Waals surface area contributed by atoms with Crippen molar-refractivity contribution in [3.05, 3.63) is 71.8 Å². The predicted octanol–water partition coefficient (Wildman–Crippen LogP) is 3.33. The third kappa shape index (κ3) is 5.16. The summed E-state index contributed by atoms with van der Waals surface area (Å²) in [5, 5.41) is 0. The van der Waals surface area contributed by atoms with Gasteiger partial charge in [0.1, 0.15) is 6.04 Å². The van der Waals surface area contributed by atoms with Crippen LogP contribution in [0.4, 0.5) is 0 Å². The molecule has 2 aromatic rings. The lowest BCUT2D eigenvalue weighted by Gasteiger charge is -2.30. The third-order valence-electron chi connectivity index (χ3n) is 4.83. The molecule has 0 radical (unpaired) electrons. The van der Waals surface area contributed by atoms with Crippen LogP contribution in [0.25, 0.3) is 0 Å². The molecule has 1 saturated heterocycles. The summed E-state index contributed by atoms with van der Waals surface area (Å²) in [6.45, 7) is 6.56. The highest BCUT2D eigenvalue weighted by Crippen LogP contribution is 2.17. The fourth-order valence-electron chi connectivity index (χ4n) is 3.56. The quantitative estimate of drug-likeness (QED) is 0.747. The average Bonchev–Trinajstić information content (AvgIpc) is 2.86. The van der Waals surface area contributed by atoms with E-state index in [-0.39, 0.29) is 12.0 Å². The molecule has 3 rings (SSSR count). The molecule has 0 spiro atoms. The van der Waals surface area contributed by atoms with Gasteiger partial charge in [0.25, 0.3) is 0 Å². The van der Waals surface area contributed by atoms with Crippen molar-refractivity contribution in [1.29, 1.82) is 0 Å². The largest absolute Gasteiger partial charge is 0.465 e. The Morgan fingerprint density at radius 1 is 0.962 bits per heavy atom. The van der Waals surface area contributed by atoms with Gasteiger partial charge in [0.15, 0.2) is 0 Å². The summed E-state index contributed by atoms with van der Waals surface area (Å²) in [7, 11) is 0. The van der Waals surface area contributed by atoms with Crippen molar-refractivity contribution in [2.45, 2.75) is 32.5 Å². The molecular weight excluding hydrogens is 324 g/mol. The summed E-state index contributed by atoms with van der Waals surface area (Å²) in [4.78, 5) is 17.3. The minimum atomic E-state index is -0.221. The molecule has 1 heterocycles. The maximum atomic E-state index is 12.7. The molecule has 0 N–H and O–H groups in total. The van der Waals surface area contributed by atoms with Crippen molar-refractivity contribution in [3.63, 3.8) is 0 Å². The van der Waals surface area contributed by atoms with E-state index in [1.807, 2.05) is 31.2 Å². The Balaban J connectivity index is 1.73. The zero-order valence-corrected chi connectivity index (χ0v) is 15.5. The van der Waals surface area contributed by atoms with Crippen LogP contribution < -0.4 is 0 Å². The van der Waals surface area contributed by atoms with Gasteiger partial charge in [0.2, 0.25) is 0 Å². The molecule has 0 saturated carbocycles. The summed E-state index contributed by atoms with van der Waals surface area (Å²) in [5.41, 5.74) is 2.52. The van der Waals surface area contributed by atoms with Gasteiger partial charge in [-0.1, -0.05) is 60.7 Å². The van der Waals surface area contributed by atoms with Gasteiger partial charge in [0.05, 0.1) is 6.61 Å². The first-order valence-corrected chi connectivity index (χ1v) is 9.47. The average molecular weight is 352 g/mol. The second kappa shape index (κ2) is 9.51. The van der Waals surface area contributed by atoms with E-state index in [4.69, 9.17) is 4.74 Å². The minimum Gasteiger partial charge on any atom is -0.465 e. The van der Waals surface area contributed by atoms with E-state index >= 15 is 0 Å². The molecule has 1 aliphatic rings. The normalized spacial score (nSPS) is 19.0. The van der Waals surface area contributed by atoms with Crippen molar-refractivity contribution >= 4 is 5.97 Å². The van der Waals surface area contributed by atoms with Crippen LogP contribution in [-0.4, -0.2) is 48.1 Å². The van der Waals surface area contributed by atoms with E-state index in [1.165, 1.54) is 11.1 Å². The lowest BCUT2D eigenvalue weighted by Crippen LogP contribution is -2.46. The van der Waals surface area contributed by atoms with Crippen LogP contribution in [-0.2, 0) is 22.6 Å². The zero-order valence-electron chi connectivity index (χ0n) is 15.5. The number of nitrogens with zero attached hydrogens (tertiary/aromatic N) is 2. The van der Waals surface area contributed by atoms with Crippen molar-refractivity contribution in [2.75, 3.05) is 26.2 Å². The van der Waals surface area contributed by atoms with Gasteiger partial charge in [-0.2, -0.15) is 0 Å². The number of ether oxygens (including phenoxy) is 1. The first kappa shape index (κ1) is 18.6. The van der Waals surface area contributed by atoms with Gasteiger partial charge in [-0.25, -0.2) is 0 Å².